The molecule has 0 aliphatic rings. The molecule has 0 heterocycles. The zero-order valence-electron chi connectivity index (χ0n) is 9.97. The highest BCUT2D eigenvalue weighted by molar-refractivity contribution is 5.55. The number of hydrogen-bond acceptors (Lipinski definition) is 5. The largest absolute Gasteiger partial charge is 0.493 e. The van der Waals surface area contributed by atoms with Gasteiger partial charge in [0, 0.05) is 0 Å². The van der Waals surface area contributed by atoms with E-state index in [1.807, 2.05) is 0 Å². The lowest BCUT2D eigenvalue weighted by Gasteiger charge is -2.13. The smallest absolute Gasteiger partial charge is 0.279 e. The van der Waals surface area contributed by atoms with Crippen molar-refractivity contribution in [3.8, 4) is 11.5 Å². The Bertz CT molecular complexity index is 419. The van der Waals surface area contributed by atoms with Crippen molar-refractivity contribution >= 4 is 5.69 Å². The molecule has 0 bridgehead atoms. The first-order chi connectivity index (χ1) is 8.04. The van der Waals surface area contributed by atoms with Crippen molar-refractivity contribution in [2.45, 2.75) is 19.4 Å². The molecule has 1 aromatic carbocycles. The minimum absolute atomic E-state index is 0.169. The molecule has 1 atom stereocenters. The van der Waals surface area contributed by atoms with E-state index in [-0.39, 0.29) is 17.0 Å². The molecule has 0 saturated heterocycles. The topological polar surface area (TPSA) is 81.8 Å². The van der Waals surface area contributed by atoms with Gasteiger partial charge in [0.15, 0.2) is 11.5 Å². The highest BCUT2D eigenvalue weighted by Crippen LogP contribution is 2.37. The molecule has 0 radical (unpaired) electrons. The Hall–Kier alpha value is -1.82. The molecule has 17 heavy (non-hydrogen) atoms. The summed E-state index contributed by atoms with van der Waals surface area (Å²) in [5.41, 5.74) is 0.0622. The number of aliphatic hydroxyl groups excluding tert-OH is 1. The van der Waals surface area contributed by atoms with Gasteiger partial charge in [0.1, 0.15) is 0 Å². The van der Waals surface area contributed by atoms with Crippen LogP contribution in [0.25, 0.3) is 0 Å². The lowest BCUT2D eigenvalue weighted by Crippen LogP contribution is -2.03. The summed E-state index contributed by atoms with van der Waals surface area (Å²) in [4.78, 5) is 10.4. The maximum Gasteiger partial charge on any atom is 0.279 e. The maximum absolute atomic E-state index is 10.9. The SMILES string of the molecule is CC[C@@H](O)c1cc(OC)c(OC)cc1[N+](=O)[O-]. The van der Waals surface area contributed by atoms with Gasteiger partial charge in [-0.25, -0.2) is 0 Å². The van der Waals surface area contributed by atoms with Gasteiger partial charge >= 0.3 is 0 Å². The van der Waals surface area contributed by atoms with Crippen LogP contribution in [0.2, 0.25) is 0 Å². The van der Waals surface area contributed by atoms with Gasteiger partial charge in [0.2, 0.25) is 0 Å². The van der Waals surface area contributed by atoms with Crippen LogP contribution < -0.4 is 9.47 Å². The third kappa shape index (κ3) is 2.65. The summed E-state index contributed by atoms with van der Waals surface area (Å²) >= 11 is 0. The summed E-state index contributed by atoms with van der Waals surface area (Å²) in [7, 11) is 2.84. The Balaban J connectivity index is 3.40. The fourth-order valence-electron chi connectivity index (χ4n) is 1.53. The Morgan fingerprint density at radius 2 is 1.88 bits per heavy atom. The van der Waals surface area contributed by atoms with Crippen LogP contribution in [-0.2, 0) is 0 Å². The van der Waals surface area contributed by atoms with Crippen molar-refractivity contribution in [1.29, 1.82) is 0 Å². The molecule has 0 unspecified atom stereocenters. The molecule has 0 aliphatic carbocycles. The predicted molar refractivity (Wildman–Crippen MR) is 61.5 cm³/mol. The van der Waals surface area contributed by atoms with E-state index in [9.17, 15) is 15.2 Å². The summed E-state index contributed by atoms with van der Waals surface area (Å²) < 4.78 is 10.0. The van der Waals surface area contributed by atoms with Crippen molar-refractivity contribution in [2.75, 3.05) is 14.2 Å². The van der Waals surface area contributed by atoms with Crippen LogP contribution in [0.15, 0.2) is 12.1 Å². The number of ether oxygens (including phenoxy) is 2. The van der Waals surface area contributed by atoms with Crippen LogP contribution >= 0.6 is 0 Å². The van der Waals surface area contributed by atoms with E-state index in [2.05, 4.69) is 0 Å². The monoisotopic (exact) mass is 241 g/mol. The second-order valence-electron chi connectivity index (χ2n) is 3.45. The second-order valence-corrected chi connectivity index (χ2v) is 3.45. The van der Waals surface area contributed by atoms with Gasteiger partial charge in [-0.05, 0) is 12.5 Å². The van der Waals surface area contributed by atoms with Crippen LogP contribution in [0.4, 0.5) is 5.69 Å². The lowest BCUT2D eigenvalue weighted by atomic mass is 10.0. The minimum atomic E-state index is -0.893. The van der Waals surface area contributed by atoms with E-state index in [1.54, 1.807) is 6.92 Å². The van der Waals surface area contributed by atoms with E-state index in [0.29, 0.717) is 12.2 Å². The Morgan fingerprint density at radius 3 is 2.29 bits per heavy atom. The van der Waals surface area contributed by atoms with Crippen LogP contribution in [0.1, 0.15) is 25.0 Å². The van der Waals surface area contributed by atoms with Gasteiger partial charge in [0.05, 0.1) is 36.9 Å². The van der Waals surface area contributed by atoms with E-state index in [0.717, 1.165) is 0 Å². The summed E-state index contributed by atoms with van der Waals surface area (Å²) in [6, 6.07) is 2.69. The van der Waals surface area contributed by atoms with Crippen molar-refractivity contribution in [1.82, 2.24) is 0 Å². The Labute approximate surface area is 98.9 Å². The highest BCUT2D eigenvalue weighted by Gasteiger charge is 2.23. The van der Waals surface area contributed by atoms with Crippen molar-refractivity contribution in [3.05, 3.63) is 27.8 Å². The number of hydrogen-bond donors (Lipinski definition) is 1. The quantitative estimate of drug-likeness (QED) is 0.630. The number of aliphatic hydroxyl groups is 1. The van der Waals surface area contributed by atoms with Gasteiger partial charge in [-0.15, -0.1) is 0 Å². The number of nitro benzene ring substituents is 1. The van der Waals surface area contributed by atoms with E-state index < -0.39 is 11.0 Å². The number of benzene rings is 1. The third-order valence-electron chi connectivity index (χ3n) is 2.48. The average Bonchev–Trinajstić information content (AvgIpc) is 2.35. The third-order valence-corrected chi connectivity index (χ3v) is 2.48. The first-order valence-electron chi connectivity index (χ1n) is 5.13. The summed E-state index contributed by atoms with van der Waals surface area (Å²) in [5.74, 6) is 0.631. The molecular formula is C11H15NO5. The normalized spacial score (nSPS) is 12.0. The molecule has 1 aromatic rings. The molecule has 6 heteroatoms. The van der Waals surface area contributed by atoms with Gasteiger partial charge < -0.3 is 14.6 Å². The number of methoxy groups -OCH3 is 2. The first-order valence-corrected chi connectivity index (χ1v) is 5.13. The first kappa shape index (κ1) is 13.2. The zero-order valence-corrected chi connectivity index (χ0v) is 9.97. The zero-order chi connectivity index (χ0) is 13.0. The second kappa shape index (κ2) is 5.49. The fraction of sp³-hybridized carbons (Fsp3) is 0.455. The molecule has 0 amide bonds. The summed E-state index contributed by atoms with van der Waals surface area (Å²) in [6.07, 6.45) is -0.508. The van der Waals surface area contributed by atoms with Crippen LogP contribution in [0.5, 0.6) is 11.5 Å². The van der Waals surface area contributed by atoms with Crippen LogP contribution in [0, 0.1) is 10.1 Å². The summed E-state index contributed by atoms with van der Waals surface area (Å²) in [5, 5.41) is 20.6. The van der Waals surface area contributed by atoms with E-state index in [4.69, 9.17) is 9.47 Å². The van der Waals surface area contributed by atoms with Crippen molar-refractivity contribution in [3.63, 3.8) is 0 Å². The molecule has 0 saturated carbocycles. The Morgan fingerprint density at radius 1 is 1.35 bits per heavy atom. The van der Waals surface area contributed by atoms with E-state index >= 15 is 0 Å². The van der Waals surface area contributed by atoms with E-state index in [1.165, 1.54) is 26.4 Å². The molecule has 6 nitrogen and oxygen atoms in total. The molecule has 0 fully saturated rings. The van der Waals surface area contributed by atoms with Gasteiger partial charge in [-0.3, -0.25) is 10.1 Å². The molecule has 1 rings (SSSR count). The fourth-order valence-corrected chi connectivity index (χ4v) is 1.53. The predicted octanol–water partition coefficient (Wildman–Crippen LogP) is 2.06. The highest BCUT2D eigenvalue weighted by atomic mass is 16.6. The number of nitro groups is 1. The number of nitrogens with zero attached hydrogens (tertiary/aromatic N) is 1. The molecule has 0 spiro atoms. The van der Waals surface area contributed by atoms with Gasteiger partial charge in [0.25, 0.3) is 5.69 Å². The number of rotatable bonds is 5. The molecule has 0 aliphatic heterocycles. The maximum atomic E-state index is 10.9. The Kier molecular flexibility index (Phi) is 4.28. The molecule has 1 N–H and O–H groups in total. The van der Waals surface area contributed by atoms with Crippen LogP contribution in [0.3, 0.4) is 0 Å². The molecule has 94 valence electrons. The minimum Gasteiger partial charge on any atom is -0.493 e. The van der Waals surface area contributed by atoms with Crippen LogP contribution in [-0.4, -0.2) is 24.2 Å². The van der Waals surface area contributed by atoms with Crippen molar-refractivity contribution in [2.24, 2.45) is 0 Å². The van der Waals surface area contributed by atoms with Gasteiger partial charge in [-0.2, -0.15) is 0 Å². The summed E-state index contributed by atoms with van der Waals surface area (Å²) in [6.45, 7) is 1.74. The lowest BCUT2D eigenvalue weighted by molar-refractivity contribution is -0.386. The van der Waals surface area contributed by atoms with Crippen molar-refractivity contribution < 1.29 is 19.5 Å². The van der Waals surface area contributed by atoms with Gasteiger partial charge in [-0.1, -0.05) is 6.92 Å². The molecular weight excluding hydrogens is 226 g/mol. The molecule has 0 aromatic heterocycles. The standard InChI is InChI=1S/C11H15NO5/c1-4-9(13)7-5-10(16-2)11(17-3)6-8(7)12(14)15/h5-6,9,13H,4H2,1-3H3/t9-/m1/s1. The average molecular weight is 241 g/mol.